The molecule has 26 heavy (non-hydrogen) atoms. The lowest BCUT2D eigenvalue weighted by Crippen LogP contribution is -2.49. The Morgan fingerprint density at radius 2 is 1.65 bits per heavy atom. The first-order valence-electron chi connectivity index (χ1n) is 10.9. The minimum absolute atomic E-state index is 0.0714. The fourth-order valence-electron chi connectivity index (χ4n) is 5.18. The van der Waals surface area contributed by atoms with E-state index in [1.807, 2.05) is 16.8 Å². The van der Waals surface area contributed by atoms with Crippen LogP contribution >= 0.6 is 0 Å². The van der Waals surface area contributed by atoms with Crippen LogP contribution in [0.5, 0.6) is 0 Å². The number of nitrogens with one attached hydrogen (secondary N) is 1. The van der Waals surface area contributed by atoms with Crippen molar-refractivity contribution in [2.45, 2.75) is 83.1 Å². The van der Waals surface area contributed by atoms with Gasteiger partial charge in [-0.05, 0) is 43.9 Å². The first kappa shape index (κ1) is 19.5. The zero-order chi connectivity index (χ0) is 18.4. The van der Waals surface area contributed by atoms with Gasteiger partial charge in [0.25, 0.3) is 0 Å². The molecule has 3 fully saturated rings. The Morgan fingerprint density at radius 1 is 0.962 bits per heavy atom. The molecule has 0 spiro atoms. The van der Waals surface area contributed by atoms with Crippen molar-refractivity contribution in [3.05, 3.63) is 0 Å². The molecule has 0 bridgehead atoms. The Kier molecular flexibility index (Phi) is 7.21. The van der Waals surface area contributed by atoms with Crippen molar-refractivity contribution in [2.24, 2.45) is 11.8 Å². The van der Waals surface area contributed by atoms with Gasteiger partial charge in [0.1, 0.15) is 0 Å². The second-order valence-electron chi connectivity index (χ2n) is 8.67. The average Bonchev–Trinajstić information content (AvgIpc) is 2.70. The first-order valence-corrected chi connectivity index (χ1v) is 10.9. The lowest BCUT2D eigenvalue weighted by atomic mass is 9.75. The Hall–Kier alpha value is -1.26. The highest BCUT2D eigenvalue weighted by Gasteiger charge is 2.32. The van der Waals surface area contributed by atoms with Gasteiger partial charge in [-0.2, -0.15) is 0 Å². The van der Waals surface area contributed by atoms with E-state index in [1.165, 1.54) is 51.4 Å². The summed E-state index contributed by atoms with van der Waals surface area (Å²) in [4.78, 5) is 28.7. The summed E-state index contributed by atoms with van der Waals surface area (Å²) in [5.41, 5.74) is 0. The van der Waals surface area contributed by atoms with Crippen molar-refractivity contribution >= 4 is 11.9 Å². The lowest BCUT2D eigenvalue weighted by Gasteiger charge is -2.41. The summed E-state index contributed by atoms with van der Waals surface area (Å²) in [5.74, 6) is 1.80. The fraction of sp³-hybridized carbons (Fsp3) is 0.905. The maximum atomic E-state index is 12.4. The largest absolute Gasteiger partial charge is 0.343 e. The molecule has 2 aliphatic carbocycles. The highest BCUT2D eigenvalue weighted by atomic mass is 16.2. The molecule has 0 radical (unpaired) electrons. The zero-order valence-corrected chi connectivity index (χ0v) is 16.5. The molecule has 3 aliphatic rings. The third-order valence-corrected chi connectivity index (χ3v) is 6.94. The summed E-state index contributed by atoms with van der Waals surface area (Å²) < 4.78 is 0. The van der Waals surface area contributed by atoms with Crippen LogP contribution in [0.3, 0.4) is 0 Å². The molecule has 2 atom stereocenters. The van der Waals surface area contributed by atoms with Crippen molar-refractivity contribution in [3.8, 4) is 0 Å². The maximum Gasteiger partial charge on any atom is 0.317 e. The van der Waals surface area contributed by atoms with E-state index in [4.69, 9.17) is 0 Å². The van der Waals surface area contributed by atoms with Gasteiger partial charge in [-0.3, -0.25) is 4.79 Å². The lowest BCUT2D eigenvalue weighted by molar-refractivity contribution is -0.132. The van der Waals surface area contributed by atoms with Crippen LogP contribution < -0.4 is 5.32 Å². The summed E-state index contributed by atoms with van der Waals surface area (Å²) in [7, 11) is 1.95. The minimum Gasteiger partial charge on any atom is -0.343 e. The third-order valence-electron chi connectivity index (χ3n) is 6.94. The number of hydrogen-bond acceptors (Lipinski definition) is 2. The van der Waals surface area contributed by atoms with Crippen LogP contribution in [-0.4, -0.2) is 54.5 Å². The zero-order valence-electron chi connectivity index (χ0n) is 16.5. The molecule has 148 valence electrons. The molecule has 0 aromatic heterocycles. The van der Waals surface area contributed by atoms with Crippen LogP contribution in [0.4, 0.5) is 4.79 Å². The van der Waals surface area contributed by atoms with Gasteiger partial charge in [-0.25, -0.2) is 4.79 Å². The number of hydrogen-bond donors (Lipinski definition) is 1. The summed E-state index contributed by atoms with van der Waals surface area (Å²) in [6.45, 7) is 2.43. The number of urea groups is 1. The summed E-state index contributed by atoms with van der Waals surface area (Å²) in [6.07, 6.45) is 13.9. The second kappa shape index (κ2) is 9.61. The van der Waals surface area contributed by atoms with Gasteiger partial charge in [0.2, 0.25) is 5.91 Å². The van der Waals surface area contributed by atoms with Crippen LogP contribution in [0.1, 0.15) is 77.0 Å². The smallest absolute Gasteiger partial charge is 0.317 e. The highest BCUT2D eigenvalue weighted by molar-refractivity contribution is 5.76. The van der Waals surface area contributed by atoms with Gasteiger partial charge in [0.15, 0.2) is 0 Å². The van der Waals surface area contributed by atoms with E-state index in [9.17, 15) is 9.59 Å². The van der Waals surface area contributed by atoms with Crippen LogP contribution in [0, 0.1) is 11.8 Å². The normalized spacial score (nSPS) is 26.9. The molecule has 0 aromatic rings. The molecule has 1 N–H and O–H groups in total. The number of fused-ring (bicyclic) bond motifs is 1. The summed E-state index contributed by atoms with van der Waals surface area (Å²) in [5, 5.41) is 3.04. The van der Waals surface area contributed by atoms with E-state index in [1.54, 1.807) is 0 Å². The molecule has 1 heterocycles. The summed E-state index contributed by atoms with van der Waals surface area (Å²) >= 11 is 0. The number of carbonyl (C=O) groups excluding carboxylic acids is 2. The highest BCUT2D eigenvalue weighted by Crippen LogP contribution is 2.35. The molecule has 5 heteroatoms. The van der Waals surface area contributed by atoms with Crippen molar-refractivity contribution in [3.63, 3.8) is 0 Å². The van der Waals surface area contributed by atoms with E-state index in [0.717, 1.165) is 38.3 Å². The van der Waals surface area contributed by atoms with Gasteiger partial charge in [0.05, 0.1) is 0 Å². The SMILES string of the molecule is CN(C(=O)CCCNC(=O)N1CCC2CCCCC2C1)C1CCCCC1. The Morgan fingerprint density at radius 3 is 2.42 bits per heavy atom. The van der Waals surface area contributed by atoms with Crippen molar-refractivity contribution in [1.82, 2.24) is 15.1 Å². The number of amides is 3. The molecule has 0 aromatic carbocycles. The van der Waals surface area contributed by atoms with Crippen molar-refractivity contribution < 1.29 is 9.59 Å². The van der Waals surface area contributed by atoms with E-state index in [-0.39, 0.29) is 11.9 Å². The topological polar surface area (TPSA) is 52.7 Å². The molecule has 5 nitrogen and oxygen atoms in total. The van der Waals surface area contributed by atoms with Crippen LogP contribution in [0.2, 0.25) is 0 Å². The van der Waals surface area contributed by atoms with E-state index < -0.39 is 0 Å². The standard InChI is InChI=1S/C21H37N3O2/c1-23(19-10-3-2-4-11-19)20(25)12-7-14-22-21(26)24-15-13-17-8-5-6-9-18(17)16-24/h17-19H,2-16H2,1H3,(H,22,26). The molecular formula is C21H37N3O2. The minimum atomic E-state index is 0.0714. The molecular weight excluding hydrogens is 326 g/mol. The molecule has 3 amide bonds. The van der Waals surface area contributed by atoms with Crippen LogP contribution in [-0.2, 0) is 4.79 Å². The fourth-order valence-corrected chi connectivity index (χ4v) is 5.18. The van der Waals surface area contributed by atoms with Crippen LogP contribution in [0.25, 0.3) is 0 Å². The summed E-state index contributed by atoms with van der Waals surface area (Å²) in [6, 6.07) is 0.504. The Balaban J connectivity index is 1.31. The van der Waals surface area contributed by atoms with Crippen molar-refractivity contribution in [2.75, 3.05) is 26.7 Å². The van der Waals surface area contributed by atoms with E-state index in [2.05, 4.69) is 5.32 Å². The molecule has 2 unspecified atom stereocenters. The van der Waals surface area contributed by atoms with Gasteiger partial charge in [-0.1, -0.05) is 38.5 Å². The van der Waals surface area contributed by atoms with Crippen LogP contribution in [0.15, 0.2) is 0 Å². The van der Waals surface area contributed by atoms with Gasteiger partial charge < -0.3 is 15.1 Å². The van der Waals surface area contributed by atoms with Gasteiger partial charge in [-0.15, -0.1) is 0 Å². The number of carbonyl (C=O) groups is 2. The van der Waals surface area contributed by atoms with Gasteiger partial charge >= 0.3 is 6.03 Å². The van der Waals surface area contributed by atoms with Crippen molar-refractivity contribution in [1.29, 1.82) is 0 Å². The predicted molar refractivity (Wildman–Crippen MR) is 104 cm³/mol. The van der Waals surface area contributed by atoms with E-state index >= 15 is 0 Å². The first-order chi connectivity index (χ1) is 12.6. The Labute approximate surface area is 158 Å². The van der Waals surface area contributed by atoms with E-state index in [0.29, 0.717) is 24.9 Å². The number of nitrogens with zero attached hydrogens (tertiary/aromatic N) is 2. The maximum absolute atomic E-state index is 12.4. The Bertz CT molecular complexity index is 476. The monoisotopic (exact) mass is 363 g/mol. The molecule has 1 saturated heterocycles. The predicted octanol–water partition coefficient (Wildman–Crippen LogP) is 3.78. The van der Waals surface area contributed by atoms with Gasteiger partial charge in [0, 0.05) is 39.1 Å². The quantitative estimate of drug-likeness (QED) is 0.756. The molecule has 1 aliphatic heterocycles. The molecule has 2 saturated carbocycles. The number of rotatable bonds is 5. The second-order valence-corrected chi connectivity index (χ2v) is 8.67. The average molecular weight is 364 g/mol. The number of likely N-dealkylation sites (tertiary alicyclic amines) is 1. The third kappa shape index (κ3) is 5.14. The molecule has 3 rings (SSSR count). The number of piperidine rings is 1.